The number of nitrogens with two attached hydrogens (primary N) is 1. The minimum absolute atomic E-state index is 0.0469. The molecule has 1 saturated carbocycles. The molecule has 2 aromatic carbocycles. The Balaban J connectivity index is 1.46. The van der Waals surface area contributed by atoms with Gasteiger partial charge in [-0.2, -0.15) is 0 Å². The van der Waals surface area contributed by atoms with Crippen LogP contribution in [0.25, 0.3) is 0 Å². The summed E-state index contributed by atoms with van der Waals surface area (Å²) in [5.41, 5.74) is 7.36. The summed E-state index contributed by atoms with van der Waals surface area (Å²) in [6.45, 7) is 1.43. The van der Waals surface area contributed by atoms with Gasteiger partial charge in [0, 0.05) is 55.5 Å². The second kappa shape index (κ2) is 11.5. The first kappa shape index (κ1) is 26.3. The fraction of sp³-hybridized carbons (Fsp3) is 0.423. The van der Waals surface area contributed by atoms with Gasteiger partial charge in [-0.3, -0.25) is 14.9 Å². The van der Waals surface area contributed by atoms with Crippen molar-refractivity contribution in [3.63, 3.8) is 0 Å². The van der Waals surface area contributed by atoms with Crippen molar-refractivity contribution in [1.82, 2.24) is 10.2 Å². The van der Waals surface area contributed by atoms with Crippen molar-refractivity contribution >= 4 is 29.3 Å². The lowest BCUT2D eigenvalue weighted by Crippen LogP contribution is -2.49. The Bertz CT molecular complexity index is 1140. The predicted molar refractivity (Wildman–Crippen MR) is 135 cm³/mol. The maximum Gasteiger partial charge on any atom is 0.411 e. The van der Waals surface area contributed by atoms with Crippen LogP contribution in [0.1, 0.15) is 46.4 Å². The summed E-state index contributed by atoms with van der Waals surface area (Å²) < 4.78 is 31.9. The lowest BCUT2D eigenvalue weighted by Gasteiger charge is -2.37. The van der Waals surface area contributed by atoms with Gasteiger partial charge < -0.3 is 25.6 Å². The maximum atomic E-state index is 13.6. The molecular weight excluding hydrogens is 484 g/mol. The van der Waals surface area contributed by atoms with Crippen LogP contribution in [-0.4, -0.2) is 68.2 Å². The van der Waals surface area contributed by atoms with E-state index in [0.717, 1.165) is 43.9 Å². The van der Waals surface area contributed by atoms with Crippen LogP contribution in [0, 0.1) is 11.6 Å². The summed E-state index contributed by atoms with van der Waals surface area (Å²) in [5.74, 6) is -2.31. The lowest BCUT2D eigenvalue weighted by molar-refractivity contribution is 0.0745. The number of halogens is 2. The van der Waals surface area contributed by atoms with E-state index in [1.54, 1.807) is 18.2 Å². The number of carbonyl (C=O) groups excluding carboxylic acids is 3. The van der Waals surface area contributed by atoms with E-state index in [9.17, 15) is 23.2 Å². The van der Waals surface area contributed by atoms with Crippen LogP contribution in [0.2, 0.25) is 0 Å². The highest BCUT2D eigenvalue weighted by Crippen LogP contribution is 2.29. The molecular formula is C26H31F2N5O4. The number of benzene rings is 2. The number of ether oxygens (including phenoxy) is 1. The highest BCUT2D eigenvalue weighted by Gasteiger charge is 2.26. The van der Waals surface area contributed by atoms with Gasteiger partial charge in [0.2, 0.25) is 0 Å². The number of nitrogens with zero attached hydrogens (tertiary/aromatic N) is 2. The van der Waals surface area contributed by atoms with Crippen LogP contribution in [0.3, 0.4) is 0 Å². The smallest absolute Gasteiger partial charge is 0.411 e. The van der Waals surface area contributed by atoms with E-state index < -0.39 is 23.6 Å². The zero-order valence-electron chi connectivity index (χ0n) is 20.6. The van der Waals surface area contributed by atoms with Crippen molar-refractivity contribution in [2.45, 2.75) is 37.8 Å². The molecule has 0 atom stereocenters. The van der Waals surface area contributed by atoms with Crippen LogP contribution < -0.4 is 21.3 Å². The number of piperazine rings is 1. The fourth-order valence-corrected chi connectivity index (χ4v) is 4.76. The van der Waals surface area contributed by atoms with Crippen molar-refractivity contribution < 1.29 is 27.9 Å². The molecule has 3 amide bonds. The molecule has 2 aromatic rings. The van der Waals surface area contributed by atoms with Gasteiger partial charge in [-0.25, -0.2) is 13.6 Å². The van der Waals surface area contributed by atoms with E-state index in [-0.39, 0.29) is 23.6 Å². The number of hydrogen-bond acceptors (Lipinski definition) is 6. The second-order valence-corrected chi connectivity index (χ2v) is 9.37. The molecule has 4 rings (SSSR count). The van der Waals surface area contributed by atoms with Crippen molar-refractivity contribution in [2.24, 2.45) is 5.73 Å². The van der Waals surface area contributed by atoms with Gasteiger partial charge in [-0.15, -0.1) is 0 Å². The number of amides is 3. The molecule has 1 aliphatic carbocycles. The molecule has 4 N–H and O–H groups in total. The molecule has 198 valence electrons. The molecule has 37 heavy (non-hydrogen) atoms. The number of anilines is 2. The summed E-state index contributed by atoms with van der Waals surface area (Å²) in [5, 5.41) is 5.71. The Kier molecular flexibility index (Phi) is 8.22. The quantitative estimate of drug-likeness (QED) is 0.564. The number of carbonyl (C=O) groups is 3. The first-order valence-electron chi connectivity index (χ1n) is 12.3. The lowest BCUT2D eigenvalue weighted by atomic mass is 9.91. The third-order valence-electron chi connectivity index (χ3n) is 6.81. The molecule has 11 heteroatoms. The topological polar surface area (TPSA) is 117 Å². The molecule has 9 nitrogen and oxygen atoms in total. The predicted octanol–water partition coefficient (Wildman–Crippen LogP) is 3.11. The maximum absolute atomic E-state index is 13.6. The molecule has 0 aromatic heterocycles. The first-order chi connectivity index (χ1) is 17.7. The molecule has 0 unspecified atom stereocenters. The largest absolute Gasteiger partial charge is 0.453 e. The highest BCUT2D eigenvalue weighted by atomic mass is 19.1. The summed E-state index contributed by atoms with van der Waals surface area (Å²) in [4.78, 5) is 41.1. The molecule has 0 radical (unpaired) electrons. The third-order valence-corrected chi connectivity index (χ3v) is 6.81. The molecule has 1 saturated heterocycles. The van der Waals surface area contributed by atoms with E-state index >= 15 is 0 Å². The van der Waals surface area contributed by atoms with Gasteiger partial charge >= 0.3 is 6.09 Å². The van der Waals surface area contributed by atoms with E-state index in [0.29, 0.717) is 43.1 Å². The molecule has 0 bridgehead atoms. The number of rotatable bonds is 5. The molecule has 2 fully saturated rings. The zero-order chi connectivity index (χ0) is 26.5. The van der Waals surface area contributed by atoms with Crippen LogP contribution in [0.5, 0.6) is 0 Å². The average Bonchev–Trinajstić information content (AvgIpc) is 2.89. The normalized spacial score (nSPS) is 19.8. The fourth-order valence-electron chi connectivity index (χ4n) is 4.76. The molecule has 0 spiro atoms. The standard InChI is InChI=1S/C26H31F2N5O4/c1-37-26(36)31-22-14-16(24(34)30-21-5-3-20(29)4-6-21)2-7-23(22)32-8-10-33(11-9-32)25(35)17-12-18(27)15-19(28)13-17/h2,7,12-15,20-21H,3-6,8-11,29H2,1H3,(H,30,34)(H,31,36). The monoisotopic (exact) mass is 515 g/mol. The van der Waals surface area contributed by atoms with Gasteiger partial charge in [-0.05, 0) is 56.0 Å². The second-order valence-electron chi connectivity index (χ2n) is 9.37. The van der Waals surface area contributed by atoms with Crippen LogP contribution in [0.4, 0.5) is 25.0 Å². The Morgan fingerprint density at radius 1 is 0.919 bits per heavy atom. The van der Waals surface area contributed by atoms with Crippen molar-refractivity contribution in [2.75, 3.05) is 43.5 Å². The third kappa shape index (κ3) is 6.53. The van der Waals surface area contributed by atoms with Crippen molar-refractivity contribution in [3.05, 3.63) is 59.2 Å². The van der Waals surface area contributed by atoms with E-state index in [2.05, 4.69) is 10.6 Å². The number of nitrogens with one attached hydrogen (secondary N) is 2. The Morgan fingerprint density at radius 3 is 2.19 bits per heavy atom. The van der Waals surface area contributed by atoms with Crippen LogP contribution in [0.15, 0.2) is 36.4 Å². The van der Waals surface area contributed by atoms with E-state index in [1.165, 1.54) is 12.0 Å². The van der Waals surface area contributed by atoms with Crippen molar-refractivity contribution in [3.8, 4) is 0 Å². The summed E-state index contributed by atoms with van der Waals surface area (Å²) in [7, 11) is 1.25. The average molecular weight is 516 g/mol. The van der Waals surface area contributed by atoms with E-state index in [4.69, 9.17) is 10.5 Å². The zero-order valence-corrected chi connectivity index (χ0v) is 20.6. The van der Waals surface area contributed by atoms with Gasteiger partial charge in [0.25, 0.3) is 11.8 Å². The van der Waals surface area contributed by atoms with E-state index in [1.807, 2.05) is 4.90 Å². The minimum atomic E-state index is -0.809. The SMILES string of the molecule is COC(=O)Nc1cc(C(=O)NC2CCC(N)CC2)ccc1N1CCN(C(=O)c2cc(F)cc(F)c2)CC1. The highest BCUT2D eigenvalue weighted by molar-refractivity contribution is 5.99. The number of hydrogen-bond donors (Lipinski definition) is 3. The first-order valence-corrected chi connectivity index (χ1v) is 12.3. The van der Waals surface area contributed by atoms with Crippen molar-refractivity contribution in [1.29, 1.82) is 0 Å². The molecule has 1 heterocycles. The van der Waals surface area contributed by atoms with Gasteiger partial charge in [0.15, 0.2) is 0 Å². The minimum Gasteiger partial charge on any atom is -0.453 e. The summed E-state index contributed by atoms with van der Waals surface area (Å²) >= 11 is 0. The van der Waals surface area contributed by atoms with Gasteiger partial charge in [-0.1, -0.05) is 0 Å². The summed E-state index contributed by atoms with van der Waals surface area (Å²) in [6.07, 6.45) is 2.69. The van der Waals surface area contributed by atoms with Crippen LogP contribution in [-0.2, 0) is 4.74 Å². The number of methoxy groups -OCH3 is 1. The van der Waals surface area contributed by atoms with Gasteiger partial charge in [0.05, 0.1) is 18.5 Å². The Morgan fingerprint density at radius 2 is 1.57 bits per heavy atom. The Hall–Kier alpha value is -3.73. The molecule has 2 aliphatic rings. The van der Waals surface area contributed by atoms with Gasteiger partial charge in [0.1, 0.15) is 11.6 Å². The molecule has 1 aliphatic heterocycles. The van der Waals surface area contributed by atoms with Crippen LogP contribution >= 0.6 is 0 Å². The Labute approximate surface area is 213 Å². The summed E-state index contributed by atoms with van der Waals surface area (Å²) in [6, 6.07) is 8.02.